The molecular formula is C19H31NO. The number of hydrogen-bond acceptors (Lipinski definition) is 2. The van der Waals surface area contributed by atoms with E-state index in [1.54, 1.807) is 7.11 Å². The van der Waals surface area contributed by atoms with Gasteiger partial charge in [-0.2, -0.15) is 0 Å². The summed E-state index contributed by atoms with van der Waals surface area (Å²) in [7, 11) is 1.74. The number of hydrogen-bond donors (Lipinski definition) is 0. The summed E-state index contributed by atoms with van der Waals surface area (Å²) < 4.78 is 5.71. The number of rotatable bonds is 3. The van der Waals surface area contributed by atoms with Crippen LogP contribution in [0.4, 0.5) is 0 Å². The summed E-state index contributed by atoms with van der Waals surface area (Å²) in [4.78, 5) is 4.54. The van der Waals surface area contributed by atoms with Crippen molar-refractivity contribution in [3.63, 3.8) is 0 Å². The molecule has 0 amide bonds. The summed E-state index contributed by atoms with van der Waals surface area (Å²) in [5, 5.41) is 0. The molecule has 0 bridgehead atoms. The lowest BCUT2D eigenvalue weighted by molar-refractivity contribution is 0.396. The van der Waals surface area contributed by atoms with Gasteiger partial charge in [-0.1, -0.05) is 47.6 Å². The third-order valence-electron chi connectivity index (χ3n) is 3.51. The van der Waals surface area contributed by atoms with Crippen molar-refractivity contribution in [2.45, 2.75) is 72.3 Å². The molecule has 0 aliphatic rings. The fourth-order valence-electron chi connectivity index (χ4n) is 2.19. The van der Waals surface area contributed by atoms with Gasteiger partial charge >= 0.3 is 0 Å². The van der Waals surface area contributed by atoms with Crippen molar-refractivity contribution in [3.05, 3.63) is 28.8 Å². The van der Waals surface area contributed by atoms with Gasteiger partial charge in [0.25, 0.3) is 0 Å². The van der Waals surface area contributed by atoms with Gasteiger partial charge in [0.05, 0.1) is 7.11 Å². The van der Waals surface area contributed by atoms with E-state index in [1.165, 1.54) is 11.1 Å². The number of nitrogens with zero attached hydrogens (tertiary/aromatic N) is 1. The maximum atomic E-state index is 5.71. The first-order valence-corrected chi connectivity index (χ1v) is 7.73. The Morgan fingerprint density at radius 1 is 1.00 bits per heavy atom. The molecule has 0 aromatic heterocycles. The minimum atomic E-state index is 0.0347. The zero-order chi connectivity index (χ0) is 16.4. The van der Waals surface area contributed by atoms with E-state index in [-0.39, 0.29) is 16.9 Å². The highest BCUT2D eigenvalue weighted by molar-refractivity contribution is 5.85. The van der Waals surface area contributed by atoms with Gasteiger partial charge in [-0.25, -0.2) is 0 Å². The number of methoxy groups -OCH3 is 1. The molecule has 0 spiro atoms. The molecule has 0 aliphatic carbocycles. The van der Waals surface area contributed by atoms with E-state index < -0.39 is 0 Å². The van der Waals surface area contributed by atoms with Gasteiger partial charge in [-0.15, -0.1) is 0 Å². The lowest BCUT2D eigenvalue weighted by atomic mass is 9.79. The highest BCUT2D eigenvalue weighted by Crippen LogP contribution is 2.37. The van der Waals surface area contributed by atoms with E-state index in [1.807, 2.05) is 6.21 Å². The van der Waals surface area contributed by atoms with Crippen LogP contribution in [0.2, 0.25) is 0 Å². The quantitative estimate of drug-likeness (QED) is 0.708. The summed E-state index contributed by atoms with van der Waals surface area (Å²) in [6.45, 7) is 17.6. The van der Waals surface area contributed by atoms with Crippen LogP contribution in [-0.2, 0) is 10.8 Å². The lowest BCUT2D eigenvalue weighted by Crippen LogP contribution is -2.18. The van der Waals surface area contributed by atoms with Crippen LogP contribution in [0.25, 0.3) is 0 Å². The van der Waals surface area contributed by atoms with Crippen molar-refractivity contribution >= 4 is 6.21 Å². The van der Waals surface area contributed by atoms with Gasteiger partial charge in [-0.05, 0) is 36.3 Å². The Kier molecular flexibility index (Phi) is 5.25. The third kappa shape index (κ3) is 4.59. The SMILES string of the molecule is COc1c(C=NC(C)C)cc(C(C)(C)C)cc1C(C)(C)C. The molecule has 0 unspecified atom stereocenters. The summed E-state index contributed by atoms with van der Waals surface area (Å²) >= 11 is 0. The van der Waals surface area contributed by atoms with E-state index in [0.717, 1.165) is 11.3 Å². The minimum Gasteiger partial charge on any atom is -0.496 e. The monoisotopic (exact) mass is 289 g/mol. The summed E-state index contributed by atoms with van der Waals surface area (Å²) in [6, 6.07) is 4.77. The molecule has 21 heavy (non-hydrogen) atoms. The van der Waals surface area contributed by atoms with Crippen LogP contribution in [0, 0.1) is 0 Å². The van der Waals surface area contributed by atoms with Crippen LogP contribution < -0.4 is 4.74 Å². The van der Waals surface area contributed by atoms with Crippen LogP contribution in [0.15, 0.2) is 17.1 Å². The Morgan fingerprint density at radius 3 is 1.95 bits per heavy atom. The first-order chi connectivity index (χ1) is 9.46. The van der Waals surface area contributed by atoms with Crippen molar-refractivity contribution in [1.29, 1.82) is 0 Å². The normalized spacial score (nSPS) is 13.2. The fourth-order valence-corrected chi connectivity index (χ4v) is 2.19. The van der Waals surface area contributed by atoms with Crippen LogP contribution in [-0.4, -0.2) is 19.4 Å². The molecule has 2 nitrogen and oxygen atoms in total. The Hall–Kier alpha value is -1.31. The molecule has 1 aromatic rings. The number of benzene rings is 1. The molecule has 0 heterocycles. The molecule has 0 radical (unpaired) electrons. The van der Waals surface area contributed by atoms with Gasteiger partial charge in [-0.3, -0.25) is 4.99 Å². The highest BCUT2D eigenvalue weighted by Gasteiger charge is 2.25. The second-order valence-electron chi connectivity index (χ2n) is 8.02. The maximum absolute atomic E-state index is 5.71. The molecule has 1 rings (SSSR count). The number of aliphatic imine (C=N–C) groups is 1. The average molecular weight is 289 g/mol. The standard InChI is InChI=1S/C19H31NO/c1-13(2)20-12-14-10-15(18(3,4)5)11-16(17(14)21-9)19(6,7)8/h10-13H,1-9H3. The van der Waals surface area contributed by atoms with Crippen molar-refractivity contribution < 1.29 is 4.74 Å². The second kappa shape index (κ2) is 6.21. The Morgan fingerprint density at radius 2 is 1.57 bits per heavy atom. The topological polar surface area (TPSA) is 21.6 Å². The fraction of sp³-hybridized carbons (Fsp3) is 0.632. The minimum absolute atomic E-state index is 0.0347. The number of ether oxygens (including phenoxy) is 1. The third-order valence-corrected chi connectivity index (χ3v) is 3.51. The largest absolute Gasteiger partial charge is 0.496 e. The molecule has 0 atom stereocenters. The Bertz CT molecular complexity index is 514. The van der Waals surface area contributed by atoms with Crippen molar-refractivity contribution in [2.24, 2.45) is 4.99 Å². The predicted octanol–water partition coefficient (Wildman–Crippen LogP) is 5.12. The Balaban J connectivity index is 3.60. The van der Waals surface area contributed by atoms with Gasteiger partial charge in [0.1, 0.15) is 5.75 Å². The van der Waals surface area contributed by atoms with Crippen molar-refractivity contribution in [3.8, 4) is 5.75 Å². The molecule has 0 aliphatic heterocycles. The van der Waals surface area contributed by atoms with Crippen LogP contribution in [0.1, 0.15) is 72.1 Å². The zero-order valence-corrected chi connectivity index (χ0v) is 15.2. The molecule has 0 saturated heterocycles. The zero-order valence-electron chi connectivity index (χ0n) is 15.2. The van der Waals surface area contributed by atoms with E-state index in [9.17, 15) is 0 Å². The molecule has 1 aromatic carbocycles. The molecule has 0 N–H and O–H groups in total. The van der Waals surface area contributed by atoms with Crippen LogP contribution >= 0.6 is 0 Å². The van der Waals surface area contributed by atoms with Crippen LogP contribution in [0.5, 0.6) is 5.75 Å². The summed E-state index contributed by atoms with van der Waals surface area (Å²) in [6.07, 6.45) is 1.95. The van der Waals surface area contributed by atoms with Gasteiger partial charge < -0.3 is 4.74 Å². The first-order valence-electron chi connectivity index (χ1n) is 7.73. The van der Waals surface area contributed by atoms with E-state index >= 15 is 0 Å². The predicted molar refractivity (Wildman–Crippen MR) is 93.1 cm³/mol. The van der Waals surface area contributed by atoms with Gasteiger partial charge in [0.2, 0.25) is 0 Å². The highest BCUT2D eigenvalue weighted by atomic mass is 16.5. The Labute approximate surface area is 130 Å². The maximum Gasteiger partial charge on any atom is 0.131 e. The molecule has 0 fully saturated rings. The molecular weight excluding hydrogens is 258 g/mol. The second-order valence-corrected chi connectivity index (χ2v) is 8.02. The van der Waals surface area contributed by atoms with E-state index in [4.69, 9.17) is 4.74 Å². The van der Waals surface area contributed by atoms with Crippen LogP contribution in [0.3, 0.4) is 0 Å². The molecule has 2 heteroatoms. The lowest BCUT2D eigenvalue weighted by Gasteiger charge is -2.28. The first kappa shape index (κ1) is 17.7. The molecule has 118 valence electrons. The molecule has 0 saturated carbocycles. The van der Waals surface area contributed by atoms with Crippen molar-refractivity contribution in [1.82, 2.24) is 0 Å². The van der Waals surface area contributed by atoms with E-state index in [0.29, 0.717) is 0 Å². The summed E-state index contributed by atoms with van der Waals surface area (Å²) in [5.41, 5.74) is 3.77. The van der Waals surface area contributed by atoms with Gasteiger partial charge in [0.15, 0.2) is 0 Å². The van der Waals surface area contributed by atoms with Gasteiger partial charge in [0, 0.05) is 23.4 Å². The van der Waals surface area contributed by atoms with Crippen molar-refractivity contribution in [2.75, 3.05) is 7.11 Å². The summed E-state index contributed by atoms with van der Waals surface area (Å²) in [5.74, 6) is 0.944. The van der Waals surface area contributed by atoms with E-state index in [2.05, 4.69) is 72.5 Å². The average Bonchev–Trinajstić information content (AvgIpc) is 2.32. The smallest absolute Gasteiger partial charge is 0.131 e.